The molecular weight excluding hydrogens is 342 g/mol. The Labute approximate surface area is 160 Å². The van der Waals surface area contributed by atoms with Gasteiger partial charge in [0.15, 0.2) is 0 Å². The third-order valence-electron chi connectivity index (χ3n) is 5.22. The fourth-order valence-electron chi connectivity index (χ4n) is 3.93. The Kier molecular flexibility index (Phi) is 6.01. The average molecular weight is 369 g/mol. The number of nitrogens with zero attached hydrogens (tertiary/aromatic N) is 1. The van der Waals surface area contributed by atoms with Crippen LogP contribution in [-0.4, -0.2) is 38.2 Å². The van der Waals surface area contributed by atoms with Crippen molar-refractivity contribution in [3.05, 3.63) is 53.1 Å². The SMILES string of the molecule is CCN1CCC[C@H]1c1cc(OC)c(C(=O)Oc2ccccc2)c(C)c1OC. The molecule has 1 saturated heterocycles. The van der Waals surface area contributed by atoms with Crippen LogP contribution >= 0.6 is 0 Å². The van der Waals surface area contributed by atoms with Crippen LogP contribution in [0.15, 0.2) is 36.4 Å². The number of hydrogen-bond donors (Lipinski definition) is 0. The summed E-state index contributed by atoms with van der Waals surface area (Å²) in [5.74, 6) is 1.31. The number of carbonyl (C=O) groups is 1. The minimum absolute atomic E-state index is 0.275. The van der Waals surface area contributed by atoms with Gasteiger partial charge in [0.2, 0.25) is 0 Å². The maximum Gasteiger partial charge on any atom is 0.347 e. The maximum absolute atomic E-state index is 12.9. The molecule has 3 rings (SSSR count). The number of benzene rings is 2. The Balaban J connectivity index is 2.03. The van der Waals surface area contributed by atoms with Gasteiger partial charge in [0.1, 0.15) is 22.8 Å². The number of hydrogen-bond acceptors (Lipinski definition) is 5. The largest absolute Gasteiger partial charge is 0.496 e. The number of rotatable bonds is 6. The van der Waals surface area contributed by atoms with Crippen LogP contribution in [0.25, 0.3) is 0 Å². The van der Waals surface area contributed by atoms with Crippen LogP contribution in [0.2, 0.25) is 0 Å². The molecule has 1 aliphatic rings. The summed E-state index contributed by atoms with van der Waals surface area (Å²) in [7, 11) is 3.23. The minimum Gasteiger partial charge on any atom is -0.496 e. The first-order valence-electron chi connectivity index (χ1n) is 9.37. The normalized spacial score (nSPS) is 17.0. The third kappa shape index (κ3) is 3.78. The lowest BCUT2D eigenvalue weighted by atomic mass is 9.95. The molecule has 0 aliphatic carbocycles. The molecule has 27 heavy (non-hydrogen) atoms. The van der Waals surface area contributed by atoms with E-state index >= 15 is 0 Å². The highest BCUT2D eigenvalue weighted by atomic mass is 16.5. The van der Waals surface area contributed by atoms with Crippen LogP contribution in [-0.2, 0) is 0 Å². The smallest absolute Gasteiger partial charge is 0.347 e. The van der Waals surface area contributed by atoms with Crippen LogP contribution in [0.4, 0.5) is 0 Å². The molecule has 1 heterocycles. The zero-order valence-electron chi connectivity index (χ0n) is 16.5. The van der Waals surface area contributed by atoms with Gasteiger partial charge in [-0.25, -0.2) is 4.79 Å². The zero-order chi connectivity index (χ0) is 19.4. The molecule has 5 nitrogen and oxygen atoms in total. The van der Waals surface area contributed by atoms with E-state index in [4.69, 9.17) is 14.2 Å². The summed E-state index contributed by atoms with van der Waals surface area (Å²) in [4.78, 5) is 15.3. The lowest BCUT2D eigenvalue weighted by Gasteiger charge is -2.27. The number of methoxy groups -OCH3 is 2. The van der Waals surface area contributed by atoms with E-state index in [9.17, 15) is 4.79 Å². The van der Waals surface area contributed by atoms with Gasteiger partial charge in [-0.2, -0.15) is 0 Å². The molecule has 1 fully saturated rings. The van der Waals surface area contributed by atoms with Crippen molar-refractivity contribution in [1.82, 2.24) is 4.90 Å². The highest BCUT2D eigenvalue weighted by molar-refractivity contribution is 5.96. The molecule has 0 N–H and O–H groups in total. The molecular formula is C22H27NO4. The van der Waals surface area contributed by atoms with Crippen molar-refractivity contribution in [2.45, 2.75) is 32.7 Å². The summed E-state index contributed by atoms with van der Waals surface area (Å²) in [6.07, 6.45) is 2.22. The lowest BCUT2D eigenvalue weighted by molar-refractivity contribution is 0.0730. The van der Waals surface area contributed by atoms with Gasteiger partial charge in [-0.05, 0) is 51.1 Å². The molecule has 1 atom stereocenters. The average Bonchev–Trinajstić information content (AvgIpc) is 3.16. The van der Waals surface area contributed by atoms with Crippen LogP contribution in [0.5, 0.6) is 17.2 Å². The van der Waals surface area contributed by atoms with Crippen molar-refractivity contribution in [2.24, 2.45) is 0 Å². The molecule has 0 aromatic heterocycles. The summed E-state index contributed by atoms with van der Waals surface area (Å²) in [6, 6.07) is 11.3. The van der Waals surface area contributed by atoms with E-state index in [1.165, 1.54) is 0 Å². The molecule has 0 spiro atoms. The van der Waals surface area contributed by atoms with Crippen molar-refractivity contribution in [1.29, 1.82) is 0 Å². The molecule has 0 unspecified atom stereocenters. The Morgan fingerprint density at radius 3 is 2.56 bits per heavy atom. The van der Waals surface area contributed by atoms with E-state index < -0.39 is 5.97 Å². The van der Waals surface area contributed by atoms with E-state index in [0.717, 1.165) is 42.8 Å². The van der Waals surface area contributed by atoms with E-state index in [0.29, 0.717) is 17.1 Å². The number of ether oxygens (including phenoxy) is 3. The first-order chi connectivity index (χ1) is 13.1. The second-order valence-corrected chi connectivity index (χ2v) is 6.69. The quantitative estimate of drug-likeness (QED) is 0.558. The highest BCUT2D eigenvalue weighted by Gasteiger charge is 2.31. The highest BCUT2D eigenvalue weighted by Crippen LogP contribution is 2.43. The van der Waals surface area contributed by atoms with Gasteiger partial charge in [0.25, 0.3) is 0 Å². The molecule has 2 aromatic carbocycles. The fraction of sp³-hybridized carbons (Fsp3) is 0.409. The number of para-hydroxylation sites is 1. The molecule has 0 amide bonds. The molecule has 5 heteroatoms. The number of likely N-dealkylation sites (tertiary alicyclic amines) is 1. The second kappa shape index (κ2) is 8.44. The van der Waals surface area contributed by atoms with Gasteiger partial charge in [-0.15, -0.1) is 0 Å². The van der Waals surface area contributed by atoms with E-state index in [1.54, 1.807) is 26.4 Å². The van der Waals surface area contributed by atoms with E-state index in [2.05, 4.69) is 11.8 Å². The van der Waals surface area contributed by atoms with Gasteiger partial charge < -0.3 is 14.2 Å². The van der Waals surface area contributed by atoms with Crippen molar-refractivity contribution < 1.29 is 19.0 Å². The van der Waals surface area contributed by atoms with E-state index in [-0.39, 0.29) is 6.04 Å². The summed E-state index contributed by atoms with van der Waals surface area (Å²) in [6.45, 7) is 6.11. The molecule has 1 aliphatic heterocycles. The molecule has 0 radical (unpaired) electrons. The summed E-state index contributed by atoms with van der Waals surface area (Å²) in [5.41, 5.74) is 2.22. The fourth-order valence-corrected chi connectivity index (χ4v) is 3.93. The van der Waals surface area contributed by atoms with Gasteiger partial charge in [-0.3, -0.25) is 4.90 Å². The standard InChI is InChI=1S/C22H27NO4/c1-5-23-13-9-12-18(23)17-14-19(25-3)20(15(2)21(17)26-4)22(24)27-16-10-7-6-8-11-16/h6-8,10-11,14,18H,5,9,12-13H2,1-4H3/t18-/m0/s1. The first-order valence-corrected chi connectivity index (χ1v) is 9.37. The Morgan fingerprint density at radius 1 is 1.19 bits per heavy atom. The third-order valence-corrected chi connectivity index (χ3v) is 5.22. The predicted molar refractivity (Wildman–Crippen MR) is 105 cm³/mol. The van der Waals surface area contributed by atoms with Crippen molar-refractivity contribution in [3.63, 3.8) is 0 Å². The molecule has 0 bridgehead atoms. The van der Waals surface area contributed by atoms with Gasteiger partial charge >= 0.3 is 5.97 Å². The molecule has 0 saturated carbocycles. The molecule has 144 valence electrons. The van der Waals surface area contributed by atoms with Gasteiger partial charge in [-0.1, -0.05) is 25.1 Å². The van der Waals surface area contributed by atoms with Crippen LogP contribution < -0.4 is 14.2 Å². The predicted octanol–water partition coefficient (Wildman–Crippen LogP) is 4.39. The second-order valence-electron chi connectivity index (χ2n) is 6.69. The van der Waals surface area contributed by atoms with Crippen LogP contribution in [0.1, 0.15) is 47.3 Å². The van der Waals surface area contributed by atoms with Crippen molar-refractivity contribution in [3.8, 4) is 17.2 Å². The van der Waals surface area contributed by atoms with Crippen LogP contribution in [0.3, 0.4) is 0 Å². The Morgan fingerprint density at radius 2 is 1.93 bits per heavy atom. The minimum atomic E-state index is -0.445. The zero-order valence-corrected chi connectivity index (χ0v) is 16.5. The first kappa shape index (κ1) is 19.2. The lowest BCUT2D eigenvalue weighted by Crippen LogP contribution is -2.24. The molecule has 2 aromatic rings. The monoisotopic (exact) mass is 369 g/mol. The topological polar surface area (TPSA) is 48.0 Å². The van der Waals surface area contributed by atoms with Gasteiger partial charge in [0, 0.05) is 17.2 Å². The van der Waals surface area contributed by atoms with Crippen molar-refractivity contribution in [2.75, 3.05) is 27.3 Å². The summed E-state index contributed by atoms with van der Waals surface area (Å²) >= 11 is 0. The Hall–Kier alpha value is -2.53. The number of carbonyl (C=O) groups excluding carboxylic acids is 1. The number of esters is 1. The van der Waals surface area contributed by atoms with Crippen LogP contribution in [0, 0.1) is 6.92 Å². The maximum atomic E-state index is 12.9. The summed E-state index contributed by atoms with van der Waals surface area (Å²) in [5, 5.41) is 0. The van der Waals surface area contributed by atoms with Gasteiger partial charge in [0.05, 0.1) is 14.2 Å². The summed E-state index contributed by atoms with van der Waals surface area (Å²) < 4.78 is 16.9. The van der Waals surface area contributed by atoms with Crippen molar-refractivity contribution >= 4 is 5.97 Å². The van der Waals surface area contributed by atoms with E-state index in [1.807, 2.05) is 31.2 Å². The Bertz CT molecular complexity index is 804.